The Kier molecular flexibility index (Phi) is 6.16. The maximum absolute atomic E-state index is 11.9. The fraction of sp³-hybridized carbons (Fsp3) is 0.0714. The lowest BCUT2D eigenvalue weighted by Gasteiger charge is -2.11. The SMILES string of the molecule is COc1ccc(Sc2c(-c3ccccc3[N+](=O)[O-])n(C)c3cccc(Nc4ccccc4)c23)cc1. The smallest absolute Gasteiger partial charge is 0.278 e. The van der Waals surface area contributed by atoms with Gasteiger partial charge in [0.2, 0.25) is 0 Å². The molecule has 0 atom stereocenters. The molecule has 7 heteroatoms. The molecule has 35 heavy (non-hydrogen) atoms. The van der Waals surface area contributed by atoms with E-state index in [1.165, 1.54) is 0 Å². The molecular weight excluding hydrogens is 458 g/mol. The van der Waals surface area contributed by atoms with Crippen LogP contribution in [0.25, 0.3) is 22.2 Å². The van der Waals surface area contributed by atoms with Crippen LogP contribution >= 0.6 is 11.8 Å². The van der Waals surface area contributed by atoms with Crippen molar-refractivity contribution in [3.05, 3.63) is 107 Å². The van der Waals surface area contributed by atoms with Crippen molar-refractivity contribution in [3.8, 4) is 17.0 Å². The van der Waals surface area contributed by atoms with E-state index in [4.69, 9.17) is 4.74 Å². The van der Waals surface area contributed by atoms with Crippen LogP contribution in [0.1, 0.15) is 0 Å². The summed E-state index contributed by atoms with van der Waals surface area (Å²) in [5.41, 5.74) is 4.34. The molecule has 5 rings (SSSR count). The van der Waals surface area contributed by atoms with E-state index >= 15 is 0 Å². The summed E-state index contributed by atoms with van der Waals surface area (Å²) in [6.07, 6.45) is 0. The van der Waals surface area contributed by atoms with Gasteiger partial charge in [0, 0.05) is 39.7 Å². The number of fused-ring (bicyclic) bond motifs is 1. The van der Waals surface area contributed by atoms with Crippen molar-refractivity contribution in [1.82, 2.24) is 4.57 Å². The van der Waals surface area contributed by atoms with Crippen molar-refractivity contribution >= 4 is 39.7 Å². The highest BCUT2D eigenvalue weighted by Crippen LogP contribution is 2.47. The van der Waals surface area contributed by atoms with E-state index in [1.807, 2.05) is 96.5 Å². The normalized spacial score (nSPS) is 10.9. The van der Waals surface area contributed by atoms with Gasteiger partial charge < -0.3 is 14.6 Å². The van der Waals surface area contributed by atoms with Gasteiger partial charge in [0.15, 0.2) is 0 Å². The van der Waals surface area contributed by atoms with Crippen LogP contribution in [0, 0.1) is 10.1 Å². The summed E-state index contributed by atoms with van der Waals surface area (Å²) in [5, 5.41) is 16.5. The van der Waals surface area contributed by atoms with Gasteiger partial charge in [-0.15, -0.1) is 0 Å². The van der Waals surface area contributed by atoms with E-state index in [-0.39, 0.29) is 10.6 Å². The molecule has 0 unspecified atom stereocenters. The molecule has 1 N–H and O–H groups in total. The van der Waals surface area contributed by atoms with E-state index in [1.54, 1.807) is 31.0 Å². The molecule has 0 radical (unpaired) electrons. The predicted octanol–water partition coefficient (Wildman–Crippen LogP) is 7.66. The molecule has 1 heterocycles. The highest BCUT2D eigenvalue weighted by molar-refractivity contribution is 7.99. The van der Waals surface area contributed by atoms with Gasteiger partial charge in [0.05, 0.1) is 28.8 Å². The monoisotopic (exact) mass is 481 g/mol. The van der Waals surface area contributed by atoms with Crippen LogP contribution in [0.15, 0.2) is 107 Å². The van der Waals surface area contributed by atoms with Crippen molar-refractivity contribution in [2.24, 2.45) is 7.05 Å². The third-order valence-electron chi connectivity index (χ3n) is 5.87. The Morgan fingerprint density at radius 1 is 0.886 bits per heavy atom. The van der Waals surface area contributed by atoms with Gasteiger partial charge in [-0.1, -0.05) is 48.2 Å². The second kappa shape index (κ2) is 9.56. The number of hydrogen-bond acceptors (Lipinski definition) is 5. The van der Waals surface area contributed by atoms with Crippen molar-refractivity contribution < 1.29 is 9.66 Å². The summed E-state index contributed by atoms with van der Waals surface area (Å²) in [6.45, 7) is 0. The third-order valence-corrected chi connectivity index (χ3v) is 6.98. The molecule has 1 aromatic heterocycles. The van der Waals surface area contributed by atoms with Gasteiger partial charge in [-0.05, 0) is 54.6 Å². The number of benzene rings is 4. The van der Waals surface area contributed by atoms with Gasteiger partial charge in [0.25, 0.3) is 5.69 Å². The lowest BCUT2D eigenvalue weighted by atomic mass is 10.1. The molecule has 0 fully saturated rings. The van der Waals surface area contributed by atoms with E-state index in [0.717, 1.165) is 43.5 Å². The molecule has 5 aromatic rings. The average Bonchev–Trinajstić information content (AvgIpc) is 3.17. The minimum Gasteiger partial charge on any atom is -0.497 e. The number of para-hydroxylation sites is 2. The molecule has 0 saturated carbocycles. The molecule has 0 aliphatic rings. The van der Waals surface area contributed by atoms with E-state index in [9.17, 15) is 10.1 Å². The first-order valence-electron chi connectivity index (χ1n) is 11.1. The number of nitro benzene ring substituents is 1. The quantitative estimate of drug-likeness (QED) is 0.191. The molecule has 0 saturated heterocycles. The first-order chi connectivity index (χ1) is 17.1. The Bertz CT molecular complexity index is 1510. The number of ether oxygens (including phenoxy) is 1. The minimum absolute atomic E-state index is 0.0764. The number of nitrogens with one attached hydrogen (secondary N) is 1. The zero-order valence-electron chi connectivity index (χ0n) is 19.3. The molecule has 6 nitrogen and oxygen atoms in total. The summed E-state index contributed by atoms with van der Waals surface area (Å²) >= 11 is 1.58. The second-order valence-electron chi connectivity index (χ2n) is 7.98. The van der Waals surface area contributed by atoms with Gasteiger partial charge >= 0.3 is 0 Å². The Morgan fingerprint density at radius 3 is 2.31 bits per heavy atom. The number of aryl methyl sites for hydroxylation is 1. The molecule has 174 valence electrons. The van der Waals surface area contributed by atoms with E-state index in [0.29, 0.717) is 5.56 Å². The topological polar surface area (TPSA) is 69.3 Å². The third kappa shape index (κ3) is 4.34. The molecule has 4 aromatic carbocycles. The predicted molar refractivity (Wildman–Crippen MR) is 142 cm³/mol. The Labute approximate surface area is 207 Å². The molecule has 0 bridgehead atoms. The van der Waals surface area contributed by atoms with Crippen LogP contribution in [0.3, 0.4) is 0 Å². The highest BCUT2D eigenvalue weighted by atomic mass is 32.2. The zero-order valence-corrected chi connectivity index (χ0v) is 20.1. The maximum atomic E-state index is 11.9. The standard InChI is InChI=1S/C28H23N3O3S/c1-30-25-14-8-12-23(29-19-9-4-3-5-10-19)26(25)28(35-21-17-15-20(34-2)16-18-21)27(30)22-11-6-7-13-24(22)31(32)33/h3-18,29H,1-2H3. The van der Waals surface area contributed by atoms with Crippen molar-refractivity contribution in [3.63, 3.8) is 0 Å². The minimum atomic E-state index is -0.321. The summed E-state index contributed by atoms with van der Waals surface area (Å²) in [5.74, 6) is 0.776. The number of anilines is 2. The van der Waals surface area contributed by atoms with Crippen LogP contribution in [-0.4, -0.2) is 16.6 Å². The highest BCUT2D eigenvalue weighted by Gasteiger charge is 2.25. The summed E-state index contributed by atoms with van der Waals surface area (Å²) in [7, 11) is 3.60. The van der Waals surface area contributed by atoms with Gasteiger partial charge in [-0.25, -0.2) is 0 Å². The van der Waals surface area contributed by atoms with Gasteiger partial charge in [-0.2, -0.15) is 0 Å². The maximum Gasteiger partial charge on any atom is 0.278 e. The number of aromatic nitrogens is 1. The number of nitrogens with zero attached hydrogens (tertiary/aromatic N) is 2. The van der Waals surface area contributed by atoms with Crippen molar-refractivity contribution in [2.45, 2.75) is 9.79 Å². The van der Waals surface area contributed by atoms with Crippen LogP contribution < -0.4 is 10.1 Å². The summed E-state index contributed by atoms with van der Waals surface area (Å²) < 4.78 is 7.36. The second-order valence-corrected chi connectivity index (χ2v) is 9.06. The first-order valence-corrected chi connectivity index (χ1v) is 11.9. The van der Waals surface area contributed by atoms with Gasteiger partial charge in [-0.3, -0.25) is 10.1 Å². The number of rotatable bonds is 7. The van der Waals surface area contributed by atoms with Crippen LogP contribution in [0.2, 0.25) is 0 Å². The van der Waals surface area contributed by atoms with Gasteiger partial charge in [0.1, 0.15) is 5.75 Å². The largest absolute Gasteiger partial charge is 0.497 e. The fourth-order valence-corrected chi connectivity index (χ4v) is 5.40. The van der Waals surface area contributed by atoms with Crippen LogP contribution in [0.4, 0.5) is 17.1 Å². The lowest BCUT2D eigenvalue weighted by Crippen LogP contribution is -1.97. The Balaban J connectivity index is 1.77. The number of nitro groups is 1. The molecule has 0 aliphatic heterocycles. The Hall–Kier alpha value is -4.23. The fourth-order valence-electron chi connectivity index (χ4n) is 4.23. The van der Waals surface area contributed by atoms with E-state index in [2.05, 4.69) is 5.32 Å². The van der Waals surface area contributed by atoms with Crippen molar-refractivity contribution in [2.75, 3.05) is 12.4 Å². The molecule has 0 spiro atoms. The first kappa shape index (κ1) is 22.6. The summed E-state index contributed by atoms with van der Waals surface area (Å²) in [6, 6.07) is 30.8. The average molecular weight is 482 g/mol. The summed E-state index contributed by atoms with van der Waals surface area (Å²) in [4.78, 5) is 13.6. The molecule has 0 aliphatic carbocycles. The van der Waals surface area contributed by atoms with E-state index < -0.39 is 0 Å². The lowest BCUT2D eigenvalue weighted by molar-refractivity contribution is -0.384. The molecule has 0 amide bonds. The Morgan fingerprint density at radius 2 is 1.60 bits per heavy atom. The van der Waals surface area contributed by atoms with Crippen molar-refractivity contribution in [1.29, 1.82) is 0 Å². The number of hydrogen-bond donors (Lipinski definition) is 1. The van der Waals surface area contributed by atoms with Crippen LogP contribution in [0.5, 0.6) is 5.75 Å². The number of methoxy groups -OCH3 is 1. The zero-order chi connectivity index (χ0) is 24.4. The van der Waals surface area contributed by atoms with Crippen LogP contribution in [-0.2, 0) is 7.05 Å². The molecular formula is C28H23N3O3S.